The van der Waals surface area contributed by atoms with Crippen molar-refractivity contribution in [1.29, 1.82) is 0 Å². The van der Waals surface area contributed by atoms with E-state index in [2.05, 4.69) is 5.92 Å². The Bertz CT molecular complexity index is 568. The van der Waals surface area contributed by atoms with Gasteiger partial charge in [-0.3, -0.25) is 0 Å². The van der Waals surface area contributed by atoms with Crippen LogP contribution in [0.2, 0.25) is 0 Å². The van der Waals surface area contributed by atoms with Crippen molar-refractivity contribution in [2.75, 3.05) is 6.61 Å². The Hall–Kier alpha value is -2.40. The third kappa shape index (κ3) is 3.53. The second kappa shape index (κ2) is 6.51. The number of hydrogen-bond donors (Lipinski definition) is 0. The summed E-state index contributed by atoms with van der Waals surface area (Å²) in [5.41, 5.74) is 1.89. The Morgan fingerprint density at radius 1 is 1.00 bits per heavy atom. The topological polar surface area (TPSA) is 18.5 Å². The van der Waals surface area contributed by atoms with Crippen LogP contribution in [0, 0.1) is 12.3 Å². The lowest BCUT2D eigenvalue weighted by atomic mass is 10.2. The zero-order valence-corrected chi connectivity index (χ0v) is 10.9. The standard InChI is InChI=1S/C17H16O2/c1-3-14-10-11-16(18-4-2)17(12-14)19-13-15-8-6-5-7-9-15/h1,5-12H,4,13H2,2H3. The van der Waals surface area contributed by atoms with E-state index in [-0.39, 0.29) is 0 Å². The van der Waals surface area contributed by atoms with Gasteiger partial charge in [-0.2, -0.15) is 0 Å². The van der Waals surface area contributed by atoms with E-state index in [0.717, 1.165) is 16.9 Å². The van der Waals surface area contributed by atoms with Crippen LogP contribution < -0.4 is 9.47 Å². The minimum Gasteiger partial charge on any atom is -0.490 e. The van der Waals surface area contributed by atoms with Crippen LogP contribution in [0.1, 0.15) is 18.1 Å². The molecular formula is C17H16O2. The van der Waals surface area contributed by atoms with Crippen LogP contribution in [-0.4, -0.2) is 6.61 Å². The lowest BCUT2D eigenvalue weighted by Crippen LogP contribution is -2.00. The van der Waals surface area contributed by atoms with Crippen molar-refractivity contribution in [2.24, 2.45) is 0 Å². The van der Waals surface area contributed by atoms with E-state index in [1.807, 2.05) is 55.5 Å². The van der Waals surface area contributed by atoms with Crippen LogP contribution >= 0.6 is 0 Å². The summed E-state index contributed by atoms with van der Waals surface area (Å²) in [6.45, 7) is 3.03. The third-order valence-corrected chi connectivity index (χ3v) is 2.65. The minimum atomic E-state index is 0.495. The fraction of sp³-hybridized carbons (Fsp3) is 0.176. The molecule has 0 radical (unpaired) electrons. The molecule has 0 aromatic heterocycles. The van der Waals surface area contributed by atoms with Gasteiger partial charge in [0, 0.05) is 5.56 Å². The zero-order chi connectivity index (χ0) is 13.5. The number of benzene rings is 2. The molecule has 0 saturated carbocycles. The van der Waals surface area contributed by atoms with Crippen LogP contribution in [-0.2, 0) is 6.61 Å². The summed E-state index contributed by atoms with van der Waals surface area (Å²) in [5.74, 6) is 4.00. The molecule has 0 saturated heterocycles. The number of rotatable bonds is 5. The lowest BCUT2D eigenvalue weighted by molar-refractivity contribution is 0.269. The summed E-state index contributed by atoms with van der Waals surface area (Å²) in [4.78, 5) is 0. The normalized spacial score (nSPS) is 9.68. The van der Waals surface area contributed by atoms with Crippen LogP contribution in [0.4, 0.5) is 0 Å². The summed E-state index contributed by atoms with van der Waals surface area (Å²) in [5, 5.41) is 0. The molecule has 0 aliphatic rings. The third-order valence-electron chi connectivity index (χ3n) is 2.65. The molecule has 19 heavy (non-hydrogen) atoms. The lowest BCUT2D eigenvalue weighted by Gasteiger charge is -2.12. The van der Waals surface area contributed by atoms with Crippen LogP contribution in [0.25, 0.3) is 0 Å². The summed E-state index contributed by atoms with van der Waals surface area (Å²) < 4.78 is 11.3. The van der Waals surface area contributed by atoms with E-state index >= 15 is 0 Å². The molecule has 2 rings (SSSR count). The smallest absolute Gasteiger partial charge is 0.162 e. The van der Waals surface area contributed by atoms with Gasteiger partial charge in [-0.05, 0) is 30.7 Å². The van der Waals surface area contributed by atoms with E-state index in [9.17, 15) is 0 Å². The minimum absolute atomic E-state index is 0.495. The molecule has 2 nitrogen and oxygen atoms in total. The Labute approximate surface area is 114 Å². The zero-order valence-electron chi connectivity index (χ0n) is 10.9. The molecule has 0 aliphatic carbocycles. The first-order chi connectivity index (χ1) is 9.33. The predicted molar refractivity (Wildman–Crippen MR) is 76.3 cm³/mol. The highest BCUT2D eigenvalue weighted by atomic mass is 16.5. The average Bonchev–Trinajstić information content (AvgIpc) is 2.47. The van der Waals surface area contributed by atoms with Crippen molar-refractivity contribution in [1.82, 2.24) is 0 Å². The van der Waals surface area contributed by atoms with Gasteiger partial charge in [0.2, 0.25) is 0 Å². The second-order valence-corrected chi connectivity index (χ2v) is 4.01. The van der Waals surface area contributed by atoms with Gasteiger partial charge >= 0.3 is 0 Å². The first kappa shape index (κ1) is 13.0. The van der Waals surface area contributed by atoms with Gasteiger partial charge in [-0.15, -0.1) is 6.42 Å². The molecule has 96 valence electrons. The maximum atomic E-state index is 5.80. The van der Waals surface area contributed by atoms with Crippen LogP contribution in [0.15, 0.2) is 48.5 Å². The number of terminal acetylenes is 1. The molecule has 0 aliphatic heterocycles. The number of hydrogen-bond acceptors (Lipinski definition) is 2. The van der Waals surface area contributed by atoms with Gasteiger partial charge in [-0.25, -0.2) is 0 Å². The quantitative estimate of drug-likeness (QED) is 0.756. The largest absolute Gasteiger partial charge is 0.490 e. The molecule has 0 unspecified atom stereocenters. The molecule has 0 heterocycles. The Morgan fingerprint density at radius 3 is 2.47 bits per heavy atom. The molecule has 0 spiro atoms. The van der Waals surface area contributed by atoms with Gasteiger partial charge < -0.3 is 9.47 Å². The SMILES string of the molecule is C#Cc1ccc(OCC)c(OCc2ccccc2)c1. The van der Waals surface area contributed by atoms with Crippen molar-refractivity contribution in [3.8, 4) is 23.8 Å². The van der Waals surface area contributed by atoms with E-state index in [0.29, 0.717) is 19.0 Å². The summed E-state index contributed by atoms with van der Waals surface area (Å²) in [6.07, 6.45) is 5.40. The average molecular weight is 252 g/mol. The molecule has 2 heteroatoms. The molecule has 0 N–H and O–H groups in total. The highest BCUT2D eigenvalue weighted by molar-refractivity contribution is 5.47. The Kier molecular flexibility index (Phi) is 4.47. The maximum Gasteiger partial charge on any atom is 0.162 e. The van der Waals surface area contributed by atoms with E-state index in [4.69, 9.17) is 15.9 Å². The maximum absolute atomic E-state index is 5.80. The highest BCUT2D eigenvalue weighted by Crippen LogP contribution is 2.29. The van der Waals surface area contributed by atoms with Crippen molar-refractivity contribution < 1.29 is 9.47 Å². The fourth-order valence-electron chi connectivity index (χ4n) is 1.72. The van der Waals surface area contributed by atoms with Crippen LogP contribution in [0.5, 0.6) is 11.5 Å². The first-order valence-corrected chi connectivity index (χ1v) is 6.23. The summed E-state index contributed by atoms with van der Waals surface area (Å²) >= 11 is 0. The van der Waals surface area contributed by atoms with Gasteiger partial charge in [-0.1, -0.05) is 36.3 Å². The van der Waals surface area contributed by atoms with Crippen molar-refractivity contribution in [3.63, 3.8) is 0 Å². The summed E-state index contributed by atoms with van der Waals surface area (Å²) in [7, 11) is 0. The molecule has 0 bridgehead atoms. The summed E-state index contributed by atoms with van der Waals surface area (Å²) in [6, 6.07) is 15.5. The van der Waals surface area contributed by atoms with E-state index < -0.39 is 0 Å². The Morgan fingerprint density at radius 2 is 1.79 bits per heavy atom. The van der Waals surface area contributed by atoms with Gasteiger partial charge in [0.15, 0.2) is 11.5 Å². The molecular weight excluding hydrogens is 236 g/mol. The Balaban J connectivity index is 2.15. The second-order valence-electron chi connectivity index (χ2n) is 4.01. The predicted octanol–water partition coefficient (Wildman–Crippen LogP) is 3.65. The molecule has 2 aromatic rings. The molecule has 0 atom stereocenters. The molecule has 0 amide bonds. The molecule has 2 aromatic carbocycles. The van der Waals surface area contributed by atoms with Gasteiger partial charge in [0.1, 0.15) is 6.61 Å². The van der Waals surface area contributed by atoms with Gasteiger partial charge in [0.25, 0.3) is 0 Å². The van der Waals surface area contributed by atoms with Gasteiger partial charge in [0.05, 0.1) is 6.61 Å². The fourth-order valence-corrected chi connectivity index (χ4v) is 1.72. The van der Waals surface area contributed by atoms with Crippen molar-refractivity contribution >= 4 is 0 Å². The van der Waals surface area contributed by atoms with E-state index in [1.165, 1.54) is 0 Å². The highest BCUT2D eigenvalue weighted by Gasteiger charge is 2.06. The van der Waals surface area contributed by atoms with Crippen molar-refractivity contribution in [3.05, 3.63) is 59.7 Å². The first-order valence-electron chi connectivity index (χ1n) is 6.23. The monoisotopic (exact) mass is 252 g/mol. The number of ether oxygens (including phenoxy) is 2. The van der Waals surface area contributed by atoms with E-state index in [1.54, 1.807) is 0 Å². The molecule has 0 fully saturated rings. The van der Waals surface area contributed by atoms with Crippen LogP contribution in [0.3, 0.4) is 0 Å². The van der Waals surface area contributed by atoms with Crippen molar-refractivity contribution in [2.45, 2.75) is 13.5 Å².